The molecule has 1 atom stereocenters. The summed E-state index contributed by atoms with van der Waals surface area (Å²) in [5.41, 5.74) is 0. The SMILES string of the molecule is CC(I)C(=O)OCCOCCOc1ccc(-[s+]2c3ccccc3c3ccccc32)cc1. The highest BCUT2D eigenvalue weighted by atomic mass is 127. The van der Waals surface area contributed by atoms with Gasteiger partial charge in [0.1, 0.15) is 22.9 Å². The van der Waals surface area contributed by atoms with Crippen molar-refractivity contribution in [3.63, 3.8) is 0 Å². The van der Waals surface area contributed by atoms with E-state index in [4.69, 9.17) is 14.2 Å². The van der Waals surface area contributed by atoms with Crippen LogP contribution in [0.2, 0.25) is 0 Å². The van der Waals surface area contributed by atoms with Crippen molar-refractivity contribution in [2.24, 2.45) is 0 Å². The number of halogens is 1. The van der Waals surface area contributed by atoms with Crippen LogP contribution in [-0.4, -0.2) is 36.3 Å². The van der Waals surface area contributed by atoms with Gasteiger partial charge in [-0.15, -0.1) is 0 Å². The Morgan fingerprint density at radius 2 is 1.42 bits per heavy atom. The molecule has 4 rings (SSSR count). The van der Waals surface area contributed by atoms with E-state index >= 15 is 0 Å². The van der Waals surface area contributed by atoms with E-state index in [0.29, 0.717) is 19.8 Å². The minimum absolute atomic E-state index is 0.0896. The van der Waals surface area contributed by atoms with Crippen molar-refractivity contribution in [3.05, 3.63) is 72.8 Å². The maximum Gasteiger partial charge on any atom is 0.318 e. The van der Waals surface area contributed by atoms with E-state index in [0.717, 1.165) is 5.75 Å². The van der Waals surface area contributed by atoms with Crippen molar-refractivity contribution < 1.29 is 19.0 Å². The average molecular weight is 547 g/mol. The topological polar surface area (TPSA) is 44.8 Å². The number of rotatable bonds is 9. The number of hydrogen-bond acceptors (Lipinski definition) is 4. The van der Waals surface area contributed by atoms with Gasteiger partial charge in [0, 0.05) is 33.4 Å². The van der Waals surface area contributed by atoms with E-state index in [2.05, 4.69) is 60.7 Å². The molecule has 0 spiro atoms. The molecule has 4 aromatic rings. The van der Waals surface area contributed by atoms with Crippen molar-refractivity contribution in [1.82, 2.24) is 0 Å². The summed E-state index contributed by atoms with van der Waals surface area (Å²) in [4.78, 5) is 12.7. The summed E-state index contributed by atoms with van der Waals surface area (Å²) in [5.74, 6) is 0.607. The van der Waals surface area contributed by atoms with Gasteiger partial charge >= 0.3 is 5.97 Å². The highest BCUT2D eigenvalue weighted by Gasteiger charge is 2.22. The molecule has 0 aliphatic heterocycles. The molecule has 6 heteroatoms. The number of fused-ring (bicyclic) bond motifs is 3. The van der Waals surface area contributed by atoms with Crippen molar-refractivity contribution in [2.45, 2.75) is 10.8 Å². The molecule has 0 aliphatic carbocycles. The van der Waals surface area contributed by atoms with E-state index in [1.807, 2.05) is 34.7 Å². The lowest BCUT2D eigenvalue weighted by Crippen LogP contribution is -2.18. The Hall–Kier alpha value is -2.16. The molecule has 0 fully saturated rings. The van der Waals surface area contributed by atoms with Gasteiger partial charge in [0.25, 0.3) is 0 Å². The van der Waals surface area contributed by atoms with Crippen molar-refractivity contribution in [1.29, 1.82) is 0 Å². The molecule has 0 aliphatic rings. The standard InChI is InChI=1S/C25H24IO4S/c1-18(26)25(27)30-17-15-28-14-16-29-19-10-12-20(13-11-19)31-23-8-4-2-6-21(23)22-7-3-5-9-24(22)31/h2-13,18H,14-17H2,1H3/q+1. The van der Waals surface area contributed by atoms with Crippen molar-refractivity contribution >= 4 is 59.2 Å². The van der Waals surface area contributed by atoms with Gasteiger partial charge in [0.15, 0.2) is 14.3 Å². The van der Waals surface area contributed by atoms with Crippen LogP contribution in [0, 0.1) is 0 Å². The minimum Gasteiger partial charge on any atom is -0.491 e. The van der Waals surface area contributed by atoms with Gasteiger partial charge in [-0.2, -0.15) is 0 Å². The third-order valence-corrected chi connectivity index (χ3v) is 7.70. The third-order valence-electron chi connectivity index (χ3n) is 4.86. The Bertz CT molecular complexity index is 1110. The Labute approximate surface area is 198 Å². The number of benzene rings is 3. The first-order chi connectivity index (χ1) is 15.1. The van der Waals surface area contributed by atoms with Crippen LogP contribution in [0.25, 0.3) is 25.1 Å². The second kappa shape index (κ2) is 10.4. The molecule has 1 heterocycles. The normalized spacial score (nSPS) is 12.2. The molecule has 0 bridgehead atoms. The van der Waals surface area contributed by atoms with Crippen LogP contribution in [0.3, 0.4) is 0 Å². The van der Waals surface area contributed by atoms with E-state index in [1.165, 1.54) is 25.1 Å². The van der Waals surface area contributed by atoms with E-state index in [9.17, 15) is 4.79 Å². The average Bonchev–Trinajstić information content (AvgIpc) is 3.13. The van der Waals surface area contributed by atoms with Crippen molar-refractivity contribution in [2.75, 3.05) is 26.4 Å². The number of hydrogen-bond donors (Lipinski definition) is 0. The van der Waals surface area contributed by atoms with Crippen LogP contribution in [0.4, 0.5) is 0 Å². The van der Waals surface area contributed by atoms with Gasteiger partial charge < -0.3 is 14.2 Å². The van der Waals surface area contributed by atoms with Crippen LogP contribution in [-0.2, 0) is 14.3 Å². The zero-order valence-corrected chi connectivity index (χ0v) is 20.2. The summed E-state index contributed by atoms with van der Waals surface area (Å²) in [6, 6.07) is 25.7. The number of ether oxygens (including phenoxy) is 3. The second-order valence-corrected chi connectivity index (χ2v) is 10.8. The Morgan fingerprint density at radius 1 is 0.839 bits per heavy atom. The molecule has 4 nitrogen and oxygen atoms in total. The summed E-state index contributed by atoms with van der Waals surface area (Å²) in [7, 11) is -0.0896. The summed E-state index contributed by atoms with van der Waals surface area (Å²) in [6.45, 7) is 3.34. The number of thiophene rings is 1. The molecular weight excluding hydrogens is 523 g/mol. The molecule has 31 heavy (non-hydrogen) atoms. The van der Waals surface area contributed by atoms with E-state index in [-0.39, 0.29) is 27.0 Å². The zero-order valence-electron chi connectivity index (χ0n) is 17.3. The van der Waals surface area contributed by atoms with Crippen molar-refractivity contribution in [3.8, 4) is 10.6 Å². The fourth-order valence-electron chi connectivity index (χ4n) is 3.42. The molecule has 3 aromatic carbocycles. The number of carbonyl (C=O) groups excluding carboxylic acids is 1. The number of esters is 1. The Morgan fingerprint density at radius 3 is 2.03 bits per heavy atom. The molecule has 0 amide bonds. The summed E-state index contributed by atoms with van der Waals surface area (Å²) in [6.07, 6.45) is 0. The first-order valence-electron chi connectivity index (χ1n) is 10.2. The molecule has 0 N–H and O–H groups in total. The Kier molecular flexibility index (Phi) is 7.42. The lowest BCUT2D eigenvalue weighted by atomic mass is 10.2. The van der Waals surface area contributed by atoms with E-state index in [1.54, 1.807) is 6.92 Å². The smallest absolute Gasteiger partial charge is 0.318 e. The monoisotopic (exact) mass is 547 g/mol. The highest BCUT2D eigenvalue weighted by Crippen LogP contribution is 2.48. The largest absolute Gasteiger partial charge is 0.491 e. The maximum atomic E-state index is 11.4. The fraction of sp³-hybridized carbons (Fsp3) is 0.240. The van der Waals surface area contributed by atoms with Gasteiger partial charge in [-0.05, 0) is 43.3 Å². The molecule has 1 unspecified atom stereocenters. The summed E-state index contributed by atoms with van der Waals surface area (Å²) >= 11 is 2.03. The zero-order chi connectivity index (χ0) is 21.6. The molecular formula is C25H24IO4S+. The van der Waals surface area contributed by atoms with E-state index < -0.39 is 0 Å². The molecule has 0 saturated carbocycles. The predicted molar refractivity (Wildman–Crippen MR) is 136 cm³/mol. The van der Waals surface area contributed by atoms with Crippen LogP contribution in [0.15, 0.2) is 72.8 Å². The summed E-state index contributed by atoms with van der Waals surface area (Å²) < 4.78 is 18.9. The van der Waals surface area contributed by atoms with Gasteiger partial charge in [0.2, 0.25) is 0 Å². The lowest BCUT2D eigenvalue weighted by molar-refractivity contribution is -0.143. The second-order valence-electron chi connectivity index (χ2n) is 7.01. The Balaban J connectivity index is 1.36. The van der Waals surface area contributed by atoms with Gasteiger partial charge in [-0.25, -0.2) is 0 Å². The molecule has 0 saturated heterocycles. The lowest BCUT2D eigenvalue weighted by Gasteiger charge is -2.08. The fourth-order valence-corrected chi connectivity index (χ4v) is 5.97. The highest BCUT2D eigenvalue weighted by molar-refractivity contribution is 14.1. The molecule has 0 radical (unpaired) electrons. The number of carbonyl (C=O) groups is 1. The first kappa shape index (κ1) is 22.0. The van der Waals surface area contributed by atoms with Gasteiger partial charge in [-0.3, -0.25) is 4.79 Å². The first-order valence-corrected chi connectivity index (χ1v) is 12.7. The molecule has 1 aromatic heterocycles. The van der Waals surface area contributed by atoms with Crippen LogP contribution >= 0.6 is 33.1 Å². The van der Waals surface area contributed by atoms with Crippen LogP contribution in [0.5, 0.6) is 5.75 Å². The van der Waals surface area contributed by atoms with Crippen LogP contribution < -0.4 is 4.74 Å². The molecule has 160 valence electrons. The van der Waals surface area contributed by atoms with Crippen LogP contribution in [0.1, 0.15) is 6.92 Å². The predicted octanol–water partition coefficient (Wildman–Crippen LogP) is 6.49. The summed E-state index contributed by atoms with van der Waals surface area (Å²) in [5, 5.41) is 2.66. The quantitative estimate of drug-likeness (QED) is 0.0790. The number of alkyl halides is 1. The van der Waals surface area contributed by atoms with Gasteiger partial charge in [-0.1, -0.05) is 46.9 Å². The maximum absolute atomic E-state index is 11.4. The van der Waals surface area contributed by atoms with Gasteiger partial charge in [0.05, 0.1) is 13.2 Å². The third kappa shape index (κ3) is 5.19. The minimum atomic E-state index is -0.214.